The molecule has 1 unspecified atom stereocenters. The van der Waals surface area contributed by atoms with Gasteiger partial charge in [0.2, 0.25) is 8.32 Å². The quantitative estimate of drug-likeness (QED) is 0.142. The maximum atomic E-state index is 7.56. The van der Waals surface area contributed by atoms with Crippen molar-refractivity contribution in [2.24, 2.45) is 23.2 Å². The fourth-order valence-electron chi connectivity index (χ4n) is 9.47. The van der Waals surface area contributed by atoms with Gasteiger partial charge in [-0.2, -0.15) is 0 Å². The zero-order valence-corrected chi connectivity index (χ0v) is 35.8. The lowest BCUT2D eigenvalue weighted by Crippen LogP contribution is -2.51. The number of benzene rings is 1. The van der Waals surface area contributed by atoms with E-state index in [4.69, 9.17) is 18.3 Å². The third-order valence-electron chi connectivity index (χ3n) is 14.6. The number of aryl methyl sites for hydroxylation is 1. The van der Waals surface area contributed by atoms with E-state index in [0.29, 0.717) is 23.4 Å². The first-order chi connectivity index (χ1) is 22.9. The summed E-state index contributed by atoms with van der Waals surface area (Å²) in [6, 6.07) is 7.22. The molecule has 6 heteroatoms. The molecule has 7 atom stereocenters. The van der Waals surface area contributed by atoms with Crippen molar-refractivity contribution in [2.75, 3.05) is 13.2 Å². The standard InChI is InChI=1S/C43H76O4Si2/c1-41(2,3)48(8,9)46-34-23-25-35-32(30-34)22-24-37-36(35)26-27-43(7)38(37)31-33(40(43)47-49(10,11)42(4,5)6)20-16-14-12-13-15-18-28-44-39-21-17-19-29-45-39/h23,25,30,33,36-40H,12-22,24,26-29,31H2,1-11H3/t33-,36+,37+,38-,39?,40-,43-/m0/s1. The monoisotopic (exact) mass is 713 g/mol. The van der Waals surface area contributed by atoms with Crippen molar-refractivity contribution in [3.63, 3.8) is 0 Å². The van der Waals surface area contributed by atoms with Crippen LogP contribution in [-0.2, 0) is 20.3 Å². The van der Waals surface area contributed by atoms with Crippen molar-refractivity contribution in [3.05, 3.63) is 29.3 Å². The number of rotatable bonds is 14. The van der Waals surface area contributed by atoms with Gasteiger partial charge in [-0.05, 0) is 153 Å². The summed E-state index contributed by atoms with van der Waals surface area (Å²) in [7, 11) is -3.75. The lowest BCUT2D eigenvalue weighted by Gasteiger charge is -2.52. The van der Waals surface area contributed by atoms with Crippen LogP contribution in [0.2, 0.25) is 36.3 Å². The Morgan fingerprint density at radius 3 is 2.20 bits per heavy atom. The Labute approximate surface area is 304 Å². The van der Waals surface area contributed by atoms with Crippen LogP contribution in [0.4, 0.5) is 0 Å². The Hall–Kier alpha value is -0.666. The molecule has 0 aromatic heterocycles. The van der Waals surface area contributed by atoms with Crippen LogP contribution in [0.1, 0.15) is 155 Å². The Balaban J connectivity index is 1.21. The van der Waals surface area contributed by atoms with Crippen LogP contribution in [0.15, 0.2) is 18.2 Å². The maximum Gasteiger partial charge on any atom is 0.250 e. The van der Waals surface area contributed by atoms with Crippen LogP contribution in [0.25, 0.3) is 0 Å². The number of fused-ring (bicyclic) bond motifs is 5. The molecular weight excluding hydrogens is 637 g/mol. The minimum Gasteiger partial charge on any atom is -0.543 e. The summed E-state index contributed by atoms with van der Waals surface area (Å²) in [4.78, 5) is 0. The summed E-state index contributed by atoms with van der Waals surface area (Å²) in [5, 5.41) is 0.452. The Kier molecular flexibility index (Phi) is 12.7. The summed E-state index contributed by atoms with van der Waals surface area (Å²) in [6.45, 7) is 28.4. The highest BCUT2D eigenvalue weighted by Gasteiger charge is 2.60. The number of ether oxygens (including phenoxy) is 2. The Bertz CT molecular complexity index is 1210. The van der Waals surface area contributed by atoms with E-state index in [0.717, 1.165) is 37.2 Å². The van der Waals surface area contributed by atoms with E-state index < -0.39 is 16.6 Å². The van der Waals surface area contributed by atoms with Crippen LogP contribution < -0.4 is 4.43 Å². The van der Waals surface area contributed by atoms with Crippen molar-refractivity contribution < 1.29 is 18.3 Å². The second-order valence-electron chi connectivity index (χ2n) is 20.1. The van der Waals surface area contributed by atoms with Gasteiger partial charge in [0, 0.05) is 13.2 Å². The van der Waals surface area contributed by atoms with Crippen LogP contribution in [-0.4, -0.2) is 42.2 Å². The molecule has 5 rings (SSSR count). The zero-order valence-electron chi connectivity index (χ0n) is 33.8. The summed E-state index contributed by atoms with van der Waals surface area (Å²) in [6.07, 6.45) is 19.7. The topological polar surface area (TPSA) is 36.9 Å². The number of hydrogen-bond donors (Lipinski definition) is 0. The summed E-state index contributed by atoms with van der Waals surface area (Å²) >= 11 is 0. The molecule has 0 N–H and O–H groups in total. The first kappa shape index (κ1) is 39.5. The van der Waals surface area contributed by atoms with Gasteiger partial charge in [-0.1, -0.05) is 86.6 Å². The fraction of sp³-hybridized carbons (Fsp3) is 0.860. The second kappa shape index (κ2) is 15.7. The molecule has 2 saturated carbocycles. The van der Waals surface area contributed by atoms with E-state index in [2.05, 4.69) is 92.9 Å². The van der Waals surface area contributed by atoms with Crippen LogP contribution in [0.3, 0.4) is 0 Å². The van der Waals surface area contributed by atoms with E-state index in [1.807, 2.05) is 0 Å². The molecule has 280 valence electrons. The molecule has 0 bridgehead atoms. The van der Waals surface area contributed by atoms with Gasteiger partial charge in [0.1, 0.15) is 5.75 Å². The largest absolute Gasteiger partial charge is 0.543 e. The van der Waals surface area contributed by atoms with Crippen molar-refractivity contribution >= 4 is 16.6 Å². The van der Waals surface area contributed by atoms with Crippen molar-refractivity contribution in [2.45, 2.75) is 199 Å². The minimum absolute atomic E-state index is 0.0608. The second-order valence-corrected chi connectivity index (χ2v) is 29.5. The predicted octanol–water partition coefficient (Wildman–Crippen LogP) is 12.8. The first-order valence-corrected chi connectivity index (χ1v) is 26.5. The third-order valence-corrected chi connectivity index (χ3v) is 23.4. The average Bonchev–Trinajstić information content (AvgIpc) is 3.29. The average molecular weight is 713 g/mol. The van der Waals surface area contributed by atoms with Gasteiger partial charge in [0.05, 0.1) is 6.10 Å². The summed E-state index contributed by atoms with van der Waals surface area (Å²) < 4.78 is 26.0. The third kappa shape index (κ3) is 9.11. The van der Waals surface area contributed by atoms with Crippen molar-refractivity contribution in [1.29, 1.82) is 0 Å². The maximum absolute atomic E-state index is 7.56. The van der Waals surface area contributed by atoms with Crippen LogP contribution in [0.5, 0.6) is 5.75 Å². The number of hydrogen-bond acceptors (Lipinski definition) is 4. The normalized spacial score (nSPS) is 30.8. The highest BCUT2D eigenvalue weighted by atomic mass is 28.4. The van der Waals surface area contributed by atoms with Gasteiger partial charge in [-0.25, -0.2) is 0 Å². The number of unbranched alkanes of at least 4 members (excludes halogenated alkanes) is 5. The molecule has 3 aliphatic carbocycles. The molecule has 1 saturated heterocycles. The van der Waals surface area contributed by atoms with E-state index in [1.54, 1.807) is 11.1 Å². The molecule has 4 aliphatic rings. The Morgan fingerprint density at radius 1 is 0.837 bits per heavy atom. The molecule has 1 aromatic rings. The van der Waals surface area contributed by atoms with Gasteiger partial charge >= 0.3 is 0 Å². The molecule has 49 heavy (non-hydrogen) atoms. The smallest absolute Gasteiger partial charge is 0.250 e. The highest BCUT2D eigenvalue weighted by Crippen LogP contribution is 2.64. The van der Waals surface area contributed by atoms with E-state index in [1.165, 1.54) is 89.9 Å². The molecule has 3 fully saturated rings. The molecule has 1 aromatic carbocycles. The molecular formula is C43H76O4Si2. The first-order valence-electron chi connectivity index (χ1n) is 20.7. The lowest BCUT2D eigenvalue weighted by atomic mass is 9.55. The zero-order chi connectivity index (χ0) is 35.7. The van der Waals surface area contributed by atoms with Crippen molar-refractivity contribution in [3.8, 4) is 5.75 Å². The lowest BCUT2D eigenvalue weighted by molar-refractivity contribution is -0.162. The highest BCUT2D eigenvalue weighted by molar-refractivity contribution is 6.75. The Morgan fingerprint density at radius 2 is 1.53 bits per heavy atom. The summed E-state index contributed by atoms with van der Waals surface area (Å²) in [5.41, 5.74) is 3.51. The van der Waals surface area contributed by atoms with E-state index in [-0.39, 0.29) is 16.4 Å². The SMILES string of the molecule is CC(C)(C)[Si](C)(C)Oc1ccc2c(c1)CC[C@@H]1[C@@H]2CC[C@@]2(C)[C@H]1C[C@H](CCCCCCCCOC1CCCCO1)[C@@H]2O[Si](C)(C)C(C)(C)C. The van der Waals surface area contributed by atoms with Crippen LogP contribution >= 0.6 is 0 Å². The minimum atomic E-state index is -1.89. The van der Waals surface area contributed by atoms with Crippen LogP contribution in [0, 0.1) is 23.2 Å². The van der Waals surface area contributed by atoms with Gasteiger partial charge < -0.3 is 18.3 Å². The van der Waals surface area contributed by atoms with Gasteiger partial charge in [0.15, 0.2) is 14.6 Å². The predicted molar refractivity (Wildman–Crippen MR) is 212 cm³/mol. The molecule has 0 radical (unpaired) electrons. The van der Waals surface area contributed by atoms with Crippen molar-refractivity contribution in [1.82, 2.24) is 0 Å². The molecule has 0 amide bonds. The molecule has 0 spiro atoms. The van der Waals surface area contributed by atoms with Gasteiger partial charge in [-0.3, -0.25) is 0 Å². The molecule has 4 nitrogen and oxygen atoms in total. The fourth-order valence-corrected chi connectivity index (χ4v) is 11.9. The van der Waals surface area contributed by atoms with E-state index in [9.17, 15) is 0 Å². The molecule has 1 aliphatic heterocycles. The van der Waals surface area contributed by atoms with Gasteiger partial charge in [-0.15, -0.1) is 0 Å². The van der Waals surface area contributed by atoms with Gasteiger partial charge in [0.25, 0.3) is 0 Å². The summed E-state index contributed by atoms with van der Waals surface area (Å²) in [5.74, 6) is 4.07. The van der Waals surface area contributed by atoms with E-state index >= 15 is 0 Å². The molecule has 1 heterocycles.